The predicted molar refractivity (Wildman–Crippen MR) is 76.4 cm³/mol. The quantitative estimate of drug-likeness (QED) is 0.755. The molecule has 0 aliphatic rings. The molecule has 0 aromatic heterocycles. The van der Waals surface area contributed by atoms with E-state index >= 15 is 0 Å². The van der Waals surface area contributed by atoms with Gasteiger partial charge in [0.15, 0.2) is 0 Å². The van der Waals surface area contributed by atoms with E-state index in [-0.39, 0.29) is 0 Å². The van der Waals surface area contributed by atoms with Gasteiger partial charge in [-0.15, -0.1) is 0 Å². The Morgan fingerprint density at radius 3 is 2.24 bits per heavy atom. The fourth-order valence-electron chi connectivity index (χ4n) is 1.99. The molecule has 1 atom stereocenters. The van der Waals surface area contributed by atoms with Crippen LogP contribution in [0.5, 0.6) is 0 Å². The summed E-state index contributed by atoms with van der Waals surface area (Å²) in [6, 6.07) is 8.95. The van der Waals surface area contributed by atoms with E-state index in [1.54, 1.807) is 0 Å². The van der Waals surface area contributed by atoms with Crippen molar-refractivity contribution in [1.29, 1.82) is 0 Å². The van der Waals surface area contributed by atoms with Crippen molar-refractivity contribution in [1.82, 2.24) is 5.32 Å². The second-order valence-electron chi connectivity index (χ2n) is 5.52. The molecular weight excluding hydrogens is 206 g/mol. The van der Waals surface area contributed by atoms with E-state index in [1.165, 1.54) is 24.0 Å². The normalized spacial score (nSPS) is 13.0. The number of rotatable bonds is 7. The second kappa shape index (κ2) is 7.50. The van der Waals surface area contributed by atoms with Crippen LogP contribution in [0.2, 0.25) is 0 Å². The van der Waals surface area contributed by atoms with E-state index in [2.05, 4.69) is 57.3 Å². The fourth-order valence-corrected chi connectivity index (χ4v) is 1.99. The zero-order valence-electron chi connectivity index (χ0n) is 11.8. The summed E-state index contributed by atoms with van der Waals surface area (Å²) in [5.74, 6) is 1.50. The Morgan fingerprint density at radius 1 is 1.06 bits per heavy atom. The van der Waals surface area contributed by atoms with Crippen molar-refractivity contribution >= 4 is 0 Å². The predicted octanol–water partition coefficient (Wildman–Crippen LogP) is 3.81. The van der Waals surface area contributed by atoms with Crippen molar-refractivity contribution in [2.45, 2.75) is 40.5 Å². The van der Waals surface area contributed by atoms with Crippen LogP contribution in [0.15, 0.2) is 24.3 Å². The third kappa shape index (κ3) is 5.88. The van der Waals surface area contributed by atoms with Crippen molar-refractivity contribution in [3.05, 3.63) is 35.4 Å². The molecule has 1 heteroatoms. The van der Waals surface area contributed by atoms with Crippen LogP contribution in [0, 0.1) is 18.8 Å². The Hall–Kier alpha value is -0.820. The maximum Gasteiger partial charge on any atom is -0.00173 e. The lowest BCUT2D eigenvalue weighted by Crippen LogP contribution is -2.27. The van der Waals surface area contributed by atoms with Gasteiger partial charge in [0.05, 0.1) is 0 Å². The molecule has 0 saturated carbocycles. The smallest absolute Gasteiger partial charge is 0.00173 e. The minimum Gasteiger partial charge on any atom is -0.316 e. The summed E-state index contributed by atoms with van der Waals surface area (Å²) in [5, 5.41) is 3.57. The molecule has 0 radical (unpaired) electrons. The molecule has 0 aliphatic carbocycles. The van der Waals surface area contributed by atoms with Gasteiger partial charge in [0, 0.05) is 0 Å². The Bertz CT molecular complexity index is 300. The van der Waals surface area contributed by atoms with Crippen molar-refractivity contribution in [2.75, 3.05) is 13.1 Å². The Balaban J connectivity index is 2.38. The molecule has 0 amide bonds. The van der Waals surface area contributed by atoms with Crippen LogP contribution in [0.25, 0.3) is 0 Å². The minimum absolute atomic E-state index is 0.742. The third-order valence-electron chi connectivity index (χ3n) is 3.21. The Morgan fingerprint density at radius 2 is 1.71 bits per heavy atom. The summed E-state index contributed by atoms with van der Waals surface area (Å²) in [7, 11) is 0. The first-order chi connectivity index (χ1) is 8.11. The molecule has 0 fully saturated rings. The van der Waals surface area contributed by atoms with Crippen LogP contribution < -0.4 is 5.32 Å². The molecule has 1 aromatic carbocycles. The zero-order valence-corrected chi connectivity index (χ0v) is 11.8. The number of hydrogen-bond donors (Lipinski definition) is 1. The van der Waals surface area contributed by atoms with Crippen molar-refractivity contribution in [2.24, 2.45) is 11.8 Å². The molecule has 0 bridgehead atoms. The molecule has 0 aliphatic heterocycles. The van der Waals surface area contributed by atoms with Crippen LogP contribution in [0.3, 0.4) is 0 Å². The third-order valence-corrected chi connectivity index (χ3v) is 3.21. The van der Waals surface area contributed by atoms with Gasteiger partial charge < -0.3 is 5.32 Å². The molecule has 1 nitrogen and oxygen atoms in total. The Kier molecular flexibility index (Phi) is 6.28. The van der Waals surface area contributed by atoms with Gasteiger partial charge in [0.1, 0.15) is 0 Å². The molecular formula is C16H27N. The lowest BCUT2D eigenvalue weighted by molar-refractivity contribution is 0.437. The average molecular weight is 233 g/mol. The monoisotopic (exact) mass is 233 g/mol. The van der Waals surface area contributed by atoms with Crippen molar-refractivity contribution in [3.8, 4) is 0 Å². The fraction of sp³-hybridized carbons (Fsp3) is 0.625. The van der Waals surface area contributed by atoms with Gasteiger partial charge in [-0.2, -0.15) is 0 Å². The highest BCUT2D eigenvalue weighted by Gasteiger charge is 2.07. The molecule has 17 heavy (non-hydrogen) atoms. The highest BCUT2D eigenvalue weighted by Crippen LogP contribution is 2.12. The van der Waals surface area contributed by atoms with Gasteiger partial charge in [-0.3, -0.25) is 0 Å². The standard InChI is InChI=1S/C16H27N/c1-5-15(12-17-11-13(2)3)10-16-8-6-14(4)7-9-16/h6-9,13,15,17H,5,10-12H2,1-4H3. The van der Waals surface area contributed by atoms with E-state index in [0.29, 0.717) is 0 Å². The van der Waals surface area contributed by atoms with E-state index in [1.807, 2.05) is 0 Å². The maximum absolute atomic E-state index is 3.57. The number of nitrogens with one attached hydrogen (secondary N) is 1. The van der Waals surface area contributed by atoms with Gasteiger partial charge >= 0.3 is 0 Å². The number of aryl methyl sites for hydroxylation is 1. The van der Waals surface area contributed by atoms with Gasteiger partial charge in [0.2, 0.25) is 0 Å². The lowest BCUT2D eigenvalue weighted by Gasteiger charge is -2.17. The van der Waals surface area contributed by atoms with E-state index in [4.69, 9.17) is 0 Å². The first kappa shape index (κ1) is 14.2. The summed E-state index contributed by atoms with van der Waals surface area (Å²) in [5.41, 5.74) is 2.81. The van der Waals surface area contributed by atoms with Crippen LogP contribution >= 0.6 is 0 Å². The van der Waals surface area contributed by atoms with Crippen LogP contribution in [-0.2, 0) is 6.42 Å². The summed E-state index contributed by atoms with van der Waals surface area (Å²) in [4.78, 5) is 0. The molecule has 1 rings (SSSR count). The topological polar surface area (TPSA) is 12.0 Å². The van der Waals surface area contributed by atoms with E-state index in [0.717, 1.165) is 24.9 Å². The van der Waals surface area contributed by atoms with Gasteiger partial charge in [-0.1, -0.05) is 57.0 Å². The second-order valence-corrected chi connectivity index (χ2v) is 5.52. The van der Waals surface area contributed by atoms with Gasteiger partial charge in [0.25, 0.3) is 0 Å². The molecule has 1 N–H and O–H groups in total. The summed E-state index contributed by atoms with van der Waals surface area (Å²) in [6.07, 6.45) is 2.45. The summed E-state index contributed by atoms with van der Waals surface area (Å²) in [6.45, 7) is 11.2. The van der Waals surface area contributed by atoms with Gasteiger partial charge in [-0.25, -0.2) is 0 Å². The average Bonchev–Trinajstić information content (AvgIpc) is 2.30. The van der Waals surface area contributed by atoms with E-state index in [9.17, 15) is 0 Å². The minimum atomic E-state index is 0.742. The van der Waals surface area contributed by atoms with Gasteiger partial charge in [-0.05, 0) is 43.8 Å². The van der Waals surface area contributed by atoms with E-state index < -0.39 is 0 Å². The van der Waals surface area contributed by atoms with Crippen LogP contribution in [0.1, 0.15) is 38.3 Å². The summed E-state index contributed by atoms with van der Waals surface area (Å²) >= 11 is 0. The Labute approximate surface area is 107 Å². The van der Waals surface area contributed by atoms with Crippen LogP contribution in [-0.4, -0.2) is 13.1 Å². The lowest BCUT2D eigenvalue weighted by atomic mass is 9.96. The van der Waals surface area contributed by atoms with Crippen molar-refractivity contribution in [3.63, 3.8) is 0 Å². The summed E-state index contributed by atoms with van der Waals surface area (Å²) < 4.78 is 0. The molecule has 1 aromatic rings. The first-order valence-electron chi connectivity index (χ1n) is 6.88. The molecule has 0 heterocycles. The highest BCUT2D eigenvalue weighted by molar-refractivity contribution is 5.21. The SMILES string of the molecule is CCC(CNCC(C)C)Cc1ccc(C)cc1. The molecule has 0 spiro atoms. The number of hydrogen-bond acceptors (Lipinski definition) is 1. The van der Waals surface area contributed by atoms with Crippen LogP contribution in [0.4, 0.5) is 0 Å². The molecule has 1 unspecified atom stereocenters. The number of benzene rings is 1. The molecule has 96 valence electrons. The zero-order chi connectivity index (χ0) is 12.7. The molecule has 0 saturated heterocycles. The largest absolute Gasteiger partial charge is 0.316 e. The van der Waals surface area contributed by atoms with Crippen molar-refractivity contribution < 1.29 is 0 Å². The first-order valence-corrected chi connectivity index (χ1v) is 6.88. The maximum atomic E-state index is 3.57. The highest BCUT2D eigenvalue weighted by atomic mass is 14.9.